The first kappa shape index (κ1) is 18.4. The van der Waals surface area contributed by atoms with Gasteiger partial charge >= 0.3 is 0 Å². The molecule has 26 heavy (non-hydrogen) atoms. The highest BCUT2D eigenvalue weighted by Gasteiger charge is 2.19. The van der Waals surface area contributed by atoms with E-state index in [4.69, 9.17) is 11.6 Å². The highest BCUT2D eigenvalue weighted by atomic mass is 35.5. The summed E-state index contributed by atoms with van der Waals surface area (Å²) in [5.41, 5.74) is 2.17. The lowest BCUT2D eigenvalue weighted by Gasteiger charge is -2.16. The summed E-state index contributed by atoms with van der Waals surface area (Å²) in [4.78, 5) is 26.4. The molecular formula is C20H22ClN3O2. The fourth-order valence-electron chi connectivity index (χ4n) is 2.99. The van der Waals surface area contributed by atoms with Crippen LogP contribution in [0.25, 0.3) is 0 Å². The normalized spacial score (nSPS) is 13.7. The maximum Gasteiger partial charge on any atom is 0.253 e. The number of carbonyl (C=O) groups is 2. The Morgan fingerprint density at radius 1 is 1.04 bits per heavy atom. The standard InChI is InChI=1S/C20H22ClN3O2/c21-18-9-2-1-6-16(18)13-22-14-19(25)23-17-8-5-7-15(12-17)20(26)24-10-3-4-11-24/h1-2,5-9,12,22H,3-4,10-11,13-14H2,(H,23,25). The lowest BCUT2D eigenvalue weighted by Crippen LogP contribution is -2.29. The lowest BCUT2D eigenvalue weighted by molar-refractivity contribution is -0.115. The van der Waals surface area contributed by atoms with Crippen LogP contribution in [0.1, 0.15) is 28.8 Å². The van der Waals surface area contributed by atoms with Crippen molar-refractivity contribution in [3.05, 3.63) is 64.7 Å². The Hall–Kier alpha value is -2.37. The molecule has 2 aromatic carbocycles. The minimum Gasteiger partial charge on any atom is -0.339 e. The van der Waals surface area contributed by atoms with E-state index in [1.54, 1.807) is 24.3 Å². The Bertz CT molecular complexity index is 788. The Morgan fingerprint density at radius 3 is 2.58 bits per heavy atom. The summed E-state index contributed by atoms with van der Waals surface area (Å²) in [7, 11) is 0. The summed E-state index contributed by atoms with van der Waals surface area (Å²) in [6, 6.07) is 14.6. The molecule has 2 N–H and O–H groups in total. The van der Waals surface area contributed by atoms with Crippen LogP contribution < -0.4 is 10.6 Å². The number of carbonyl (C=O) groups excluding carboxylic acids is 2. The summed E-state index contributed by atoms with van der Waals surface area (Å²) in [5, 5.41) is 6.57. The summed E-state index contributed by atoms with van der Waals surface area (Å²) in [6.45, 7) is 2.29. The number of nitrogens with one attached hydrogen (secondary N) is 2. The van der Waals surface area contributed by atoms with E-state index in [1.807, 2.05) is 29.2 Å². The second kappa shape index (κ2) is 8.83. The van der Waals surface area contributed by atoms with Gasteiger partial charge in [0.1, 0.15) is 0 Å². The van der Waals surface area contributed by atoms with Crippen molar-refractivity contribution < 1.29 is 9.59 Å². The van der Waals surface area contributed by atoms with Crippen molar-refractivity contribution >= 4 is 29.1 Å². The van der Waals surface area contributed by atoms with Gasteiger partial charge in [-0.25, -0.2) is 0 Å². The molecule has 0 spiro atoms. The molecule has 1 aliphatic heterocycles. The largest absolute Gasteiger partial charge is 0.339 e. The number of halogens is 1. The Kier molecular flexibility index (Phi) is 6.26. The Balaban J connectivity index is 1.52. The van der Waals surface area contributed by atoms with Crippen molar-refractivity contribution in [3.8, 4) is 0 Å². The molecule has 5 nitrogen and oxygen atoms in total. The van der Waals surface area contributed by atoms with Gasteiger partial charge in [0, 0.05) is 35.9 Å². The van der Waals surface area contributed by atoms with Crippen LogP contribution in [0.15, 0.2) is 48.5 Å². The molecule has 1 saturated heterocycles. The first-order chi connectivity index (χ1) is 12.6. The lowest BCUT2D eigenvalue weighted by atomic mass is 10.1. The maximum atomic E-state index is 12.4. The van der Waals surface area contributed by atoms with E-state index in [2.05, 4.69) is 10.6 Å². The van der Waals surface area contributed by atoms with Gasteiger partial charge in [-0.3, -0.25) is 9.59 Å². The molecule has 0 aromatic heterocycles. The molecule has 1 aliphatic rings. The van der Waals surface area contributed by atoms with Crippen LogP contribution in [-0.4, -0.2) is 36.3 Å². The molecule has 1 fully saturated rings. The SMILES string of the molecule is O=C(CNCc1ccccc1Cl)Nc1cccc(C(=O)N2CCCC2)c1. The third kappa shape index (κ3) is 4.84. The zero-order valence-electron chi connectivity index (χ0n) is 14.5. The predicted octanol–water partition coefficient (Wildman–Crippen LogP) is 3.30. The van der Waals surface area contributed by atoms with Crippen LogP contribution in [0.4, 0.5) is 5.69 Å². The second-order valence-corrected chi connectivity index (χ2v) is 6.73. The predicted molar refractivity (Wildman–Crippen MR) is 103 cm³/mol. The fraction of sp³-hybridized carbons (Fsp3) is 0.300. The summed E-state index contributed by atoms with van der Waals surface area (Å²) >= 11 is 6.09. The number of nitrogens with zero attached hydrogens (tertiary/aromatic N) is 1. The van der Waals surface area contributed by atoms with E-state index < -0.39 is 0 Å². The van der Waals surface area contributed by atoms with Crippen LogP contribution in [-0.2, 0) is 11.3 Å². The first-order valence-electron chi connectivity index (χ1n) is 8.77. The number of benzene rings is 2. The van der Waals surface area contributed by atoms with Gasteiger partial charge in [-0.05, 0) is 42.7 Å². The number of likely N-dealkylation sites (tertiary alicyclic amines) is 1. The van der Waals surface area contributed by atoms with Crippen molar-refractivity contribution in [2.24, 2.45) is 0 Å². The van der Waals surface area contributed by atoms with Gasteiger partial charge in [-0.1, -0.05) is 35.9 Å². The highest BCUT2D eigenvalue weighted by molar-refractivity contribution is 6.31. The zero-order valence-corrected chi connectivity index (χ0v) is 15.3. The molecule has 0 atom stereocenters. The fourth-order valence-corrected chi connectivity index (χ4v) is 3.19. The van der Waals surface area contributed by atoms with Crippen molar-refractivity contribution in [1.29, 1.82) is 0 Å². The van der Waals surface area contributed by atoms with Crippen molar-refractivity contribution in [2.45, 2.75) is 19.4 Å². The smallest absolute Gasteiger partial charge is 0.253 e. The van der Waals surface area contributed by atoms with Crippen LogP contribution in [0.3, 0.4) is 0 Å². The molecular weight excluding hydrogens is 350 g/mol. The van der Waals surface area contributed by atoms with Gasteiger partial charge in [-0.15, -0.1) is 0 Å². The van der Waals surface area contributed by atoms with Crippen LogP contribution in [0.5, 0.6) is 0 Å². The Labute approximate surface area is 158 Å². The van der Waals surface area contributed by atoms with Crippen molar-refractivity contribution in [1.82, 2.24) is 10.2 Å². The highest BCUT2D eigenvalue weighted by Crippen LogP contribution is 2.17. The van der Waals surface area contributed by atoms with E-state index in [0.29, 0.717) is 22.8 Å². The Morgan fingerprint density at radius 2 is 1.81 bits per heavy atom. The van der Waals surface area contributed by atoms with Gasteiger partial charge in [0.2, 0.25) is 5.91 Å². The third-order valence-corrected chi connectivity index (χ3v) is 4.71. The molecule has 2 amide bonds. The number of anilines is 1. The van der Waals surface area contributed by atoms with Crippen LogP contribution in [0, 0.1) is 0 Å². The average molecular weight is 372 g/mol. The molecule has 0 aliphatic carbocycles. The summed E-state index contributed by atoms with van der Waals surface area (Å²) in [5.74, 6) is -0.140. The van der Waals surface area contributed by atoms with Crippen LogP contribution in [0.2, 0.25) is 5.02 Å². The first-order valence-corrected chi connectivity index (χ1v) is 9.14. The quantitative estimate of drug-likeness (QED) is 0.819. The zero-order chi connectivity index (χ0) is 18.4. The van der Waals surface area contributed by atoms with Gasteiger partial charge in [0.25, 0.3) is 5.91 Å². The van der Waals surface area contributed by atoms with Gasteiger partial charge in [-0.2, -0.15) is 0 Å². The minimum atomic E-state index is -0.164. The van der Waals surface area contributed by atoms with Crippen molar-refractivity contribution in [2.75, 3.05) is 25.0 Å². The van der Waals surface area contributed by atoms with E-state index in [9.17, 15) is 9.59 Å². The molecule has 136 valence electrons. The number of hydrogen-bond donors (Lipinski definition) is 2. The molecule has 6 heteroatoms. The summed E-state index contributed by atoms with van der Waals surface area (Å²) < 4.78 is 0. The van der Waals surface area contributed by atoms with E-state index in [0.717, 1.165) is 31.5 Å². The van der Waals surface area contributed by atoms with E-state index in [-0.39, 0.29) is 18.4 Å². The minimum absolute atomic E-state index is 0.0236. The van der Waals surface area contributed by atoms with Gasteiger partial charge < -0.3 is 15.5 Å². The number of amides is 2. The maximum absolute atomic E-state index is 12.4. The average Bonchev–Trinajstić information content (AvgIpc) is 3.17. The van der Waals surface area contributed by atoms with E-state index in [1.165, 1.54) is 0 Å². The monoisotopic (exact) mass is 371 g/mol. The van der Waals surface area contributed by atoms with E-state index >= 15 is 0 Å². The molecule has 0 unspecified atom stereocenters. The van der Waals surface area contributed by atoms with Gasteiger partial charge in [0.15, 0.2) is 0 Å². The molecule has 0 saturated carbocycles. The molecule has 0 radical (unpaired) electrons. The molecule has 1 heterocycles. The summed E-state index contributed by atoms with van der Waals surface area (Å²) in [6.07, 6.45) is 2.11. The topological polar surface area (TPSA) is 61.4 Å². The number of rotatable bonds is 6. The molecule has 3 rings (SSSR count). The van der Waals surface area contributed by atoms with Crippen molar-refractivity contribution in [3.63, 3.8) is 0 Å². The van der Waals surface area contributed by atoms with Crippen LogP contribution >= 0.6 is 11.6 Å². The third-order valence-electron chi connectivity index (χ3n) is 4.35. The molecule has 0 bridgehead atoms. The second-order valence-electron chi connectivity index (χ2n) is 6.32. The van der Waals surface area contributed by atoms with Gasteiger partial charge in [0.05, 0.1) is 6.54 Å². The molecule has 2 aromatic rings. The number of hydrogen-bond acceptors (Lipinski definition) is 3.